The van der Waals surface area contributed by atoms with E-state index in [-0.39, 0.29) is 11.7 Å². The molecule has 0 atom stereocenters. The summed E-state index contributed by atoms with van der Waals surface area (Å²) in [5.41, 5.74) is 4.05. The molecule has 176 valence electrons. The van der Waals surface area contributed by atoms with E-state index < -0.39 is 0 Å². The second kappa shape index (κ2) is 9.76. The number of pyridine rings is 2. The van der Waals surface area contributed by atoms with Gasteiger partial charge in [0.1, 0.15) is 11.6 Å². The highest BCUT2D eigenvalue weighted by Gasteiger charge is 2.23. The molecule has 35 heavy (non-hydrogen) atoms. The van der Waals surface area contributed by atoms with Crippen LogP contribution in [0.25, 0.3) is 11.3 Å². The van der Waals surface area contributed by atoms with Crippen LogP contribution in [0.15, 0.2) is 73.3 Å². The quantitative estimate of drug-likeness (QED) is 0.458. The Morgan fingerprint density at radius 3 is 2.57 bits per heavy atom. The molecular weight excluding hydrogens is 442 g/mol. The Labute approximate surface area is 203 Å². The normalized spacial score (nSPS) is 13.5. The lowest BCUT2D eigenvalue weighted by Crippen LogP contribution is -2.49. The van der Waals surface area contributed by atoms with Crippen LogP contribution >= 0.6 is 0 Å². The predicted octanol–water partition coefficient (Wildman–Crippen LogP) is 3.65. The number of carbonyl (C=O) groups excluding carboxylic acids is 1. The number of aromatic nitrogens is 4. The number of hydrogen-bond acceptors (Lipinski definition) is 8. The SMILES string of the molecule is Cc1ccc(C(=O)N2CCN(c3ccc(O)cn3)CC2)cc1Nc1nccc(-c2cccnc2)n1. The number of hydrogen-bond donors (Lipinski definition) is 2. The molecule has 3 aromatic heterocycles. The molecule has 2 N–H and O–H groups in total. The molecule has 1 aliphatic heterocycles. The van der Waals surface area contributed by atoms with Gasteiger partial charge < -0.3 is 20.2 Å². The molecule has 1 fully saturated rings. The van der Waals surface area contributed by atoms with Crippen LogP contribution in [0.4, 0.5) is 17.5 Å². The molecule has 1 aliphatic rings. The summed E-state index contributed by atoms with van der Waals surface area (Å²) in [5, 5.41) is 12.7. The van der Waals surface area contributed by atoms with Crippen molar-refractivity contribution >= 4 is 23.4 Å². The zero-order valence-electron chi connectivity index (χ0n) is 19.3. The molecule has 0 aliphatic carbocycles. The average molecular weight is 468 g/mol. The third-order valence-electron chi connectivity index (χ3n) is 5.97. The van der Waals surface area contributed by atoms with E-state index in [1.54, 1.807) is 30.7 Å². The number of piperazine rings is 1. The van der Waals surface area contributed by atoms with Crippen molar-refractivity contribution in [2.75, 3.05) is 36.4 Å². The summed E-state index contributed by atoms with van der Waals surface area (Å²) in [6, 6.07) is 14.7. The fourth-order valence-electron chi connectivity index (χ4n) is 3.99. The van der Waals surface area contributed by atoms with Crippen molar-refractivity contribution < 1.29 is 9.90 Å². The molecule has 1 amide bonds. The van der Waals surface area contributed by atoms with Crippen molar-refractivity contribution in [3.8, 4) is 17.0 Å². The van der Waals surface area contributed by atoms with Crippen molar-refractivity contribution in [1.29, 1.82) is 0 Å². The second-order valence-electron chi connectivity index (χ2n) is 8.32. The number of amides is 1. The van der Waals surface area contributed by atoms with Gasteiger partial charge in [0.2, 0.25) is 5.95 Å². The van der Waals surface area contributed by atoms with Gasteiger partial charge in [0.25, 0.3) is 5.91 Å². The van der Waals surface area contributed by atoms with E-state index in [1.165, 1.54) is 6.20 Å². The molecule has 4 heterocycles. The summed E-state index contributed by atoms with van der Waals surface area (Å²) < 4.78 is 0. The van der Waals surface area contributed by atoms with Crippen molar-refractivity contribution in [3.63, 3.8) is 0 Å². The minimum atomic E-state index is -0.0172. The Bertz CT molecular complexity index is 1320. The van der Waals surface area contributed by atoms with Gasteiger partial charge in [-0.25, -0.2) is 15.0 Å². The smallest absolute Gasteiger partial charge is 0.254 e. The van der Waals surface area contributed by atoms with Crippen molar-refractivity contribution in [3.05, 3.63) is 84.4 Å². The molecule has 1 aromatic carbocycles. The maximum atomic E-state index is 13.2. The predicted molar refractivity (Wildman–Crippen MR) is 134 cm³/mol. The van der Waals surface area contributed by atoms with E-state index in [4.69, 9.17) is 0 Å². The summed E-state index contributed by atoms with van der Waals surface area (Å²) >= 11 is 0. The molecule has 0 saturated carbocycles. The third-order valence-corrected chi connectivity index (χ3v) is 5.97. The second-order valence-corrected chi connectivity index (χ2v) is 8.32. The van der Waals surface area contributed by atoms with Gasteiger partial charge in [0.05, 0.1) is 11.9 Å². The Balaban J connectivity index is 1.28. The van der Waals surface area contributed by atoms with Gasteiger partial charge in [-0.15, -0.1) is 0 Å². The first-order valence-corrected chi connectivity index (χ1v) is 11.4. The Morgan fingerprint density at radius 1 is 0.971 bits per heavy atom. The van der Waals surface area contributed by atoms with Crippen LogP contribution in [0.5, 0.6) is 5.75 Å². The molecule has 0 bridgehead atoms. The minimum Gasteiger partial charge on any atom is -0.506 e. The highest BCUT2D eigenvalue weighted by molar-refractivity contribution is 5.95. The molecule has 9 nitrogen and oxygen atoms in total. The number of carbonyl (C=O) groups is 1. The molecule has 0 radical (unpaired) electrons. The van der Waals surface area contributed by atoms with Gasteiger partial charge in [0.15, 0.2) is 0 Å². The first kappa shape index (κ1) is 22.3. The van der Waals surface area contributed by atoms with Crippen LogP contribution in [0, 0.1) is 6.92 Å². The fraction of sp³-hybridized carbons (Fsp3) is 0.192. The maximum Gasteiger partial charge on any atom is 0.254 e. The average Bonchev–Trinajstić information content (AvgIpc) is 2.91. The van der Waals surface area contributed by atoms with Gasteiger partial charge in [-0.2, -0.15) is 0 Å². The fourth-order valence-corrected chi connectivity index (χ4v) is 3.99. The Hall–Kier alpha value is -4.53. The number of anilines is 3. The summed E-state index contributed by atoms with van der Waals surface area (Å²) in [7, 11) is 0. The van der Waals surface area contributed by atoms with E-state index in [0.717, 1.165) is 28.3 Å². The lowest BCUT2D eigenvalue weighted by Gasteiger charge is -2.35. The molecule has 4 aromatic rings. The topological polar surface area (TPSA) is 107 Å². The van der Waals surface area contributed by atoms with Gasteiger partial charge in [0, 0.05) is 61.6 Å². The van der Waals surface area contributed by atoms with E-state index in [9.17, 15) is 9.90 Å². The highest BCUT2D eigenvalue weighted by atomic mass is 16.3. The number of aromatic hydroxyl groups is 1. The minimum absolute atomic E-state index is 0.0172. The third kappa shape index (κ3) is 5.03. The number of benzene rings is 1. The van der Waals surface area contributed by atoms with Gasteiger partial charge in [-0.1, -0.05) is 6.07 Å². The number of nitrogens with one attached hydrogen (secondary N) is 1. The van der Waals surface area contributed by atoms with E-state index in [2.05, 4.69) is 30.2 Å². The van der Waals surface area contributed by atoms with Crippen LogP contribution in [-0.4, -0.2) is 62.0 Å². The summed E-state index contributed by atoms with van der Waals surface area (Å²) in [6.07, 6.45) is 6.61. The monoisotopic (exact) mass is 467 g/mol. The van der Waals surface area contributed by atoms with Crippen molar-refractivity contribution in [2.24, 2.45) is 0 Å². The standard InChI is InChI=1S/C26H25N7O2/c1-18-4-5-19(25(35)33-13-11-32(12-14-33)24-7-6-21(34)17-29-24)15-23(18)31-26-28-10-8-22(30-26)20-3-2-9-27-16-20/h2-10,15-17,34H,11-14H2,1H3,(H,28,30,31). The molecular formula is C26H25N7O2. The maximum absolute atomic E-state index is 13.2. The summed E-state index contributed by atoms with van der Waals surface area (Å²) in [6.45, 7) is 4.51. The highest BCUT2D eigenvalue weighted by Crippen LogP contribution is 2.24. The Morgan fingerprint density at radius 2 is 1.83 bits per heavy atom. The number of rotatable bonds is 5. The van der Waals surface area contributed by atoms with Crippen LogP contribution in [0.1, 0.15) is 15.9 Å². The number of aryl methyl sites for hydroxylation is 1. The van der Waals surface area contributed by atoms with Crippen LogP contribution in [-0.2, 0) is 0 Å². The zero-order chi connectivity index (χ0) is 24.2. The molecule has 5 rings (SSSR count). The number of nitrogens with zero attached hydrogens (tertiary/aromatic N) is 6. The molecule has 0 spiro atoms. The summed E-state index contributed by atoms with van der Waals surface area (Å²) in [4.78, 5) is 34.6. The first-order valence-electron chi connectivity index (χ1n) is 11.4. The molecule has 1 saturated heterocycles. The first-order chi connectivity index (χ1) is 17.1. The van der Waals surface area contributed by atoms with E-state index in [1.807, 2.05) is 48.2 Å². The van der Waals surface area contributed by atoms with Crippen molar-refractivity contribution in [1.82, 2.24) is 24.8 Å². The lowest BCUT2D eigenvalue weighted by atomic mass is 10.1. The summed E-state index contributed by atoms with van der Waals surface area (Å²) in [5.74, 6) is 1.37. The Kier molecular flexibility index (Phi) is 6.21. The lowest BCUT2D eigenvalue weighted by molar-refractivity contribution is 0.0746. The van der Waals surface area contributed by atoms with Gasteiger partial charge >= 0.3 is 0 Å². The van der Waals surface area contributed by atoms with Crippen molar-refractivity contribution in [2.45, 2.75) is 6.92 Å². The molecule has 0 unspecified atom stereocenters. The van der Waals surface area contributed by atoms with E-state index in [0.29, 0.717) is 37.7 Å². The van der Waals surface area contributed by atoms with E-state index >= 15 is 0 Å². The molecule has 9 heteroatoms. The van der Waals surface area contributed by atoms with Crippen LogP contribution in [0.3, 0.4) is 0 Å². The van der Waals surface area contributed by atoms with Gasteiger partial charge in [-0.3, -0.25) is 9.78 Å². The van der Waals surface area contributed by atoms with Crippen LogP contribution in [0.2, 0.25) is 0 Å². The van der Waals surface area contributed by atoms with Gasteiger partial charge in [-0.05, 0) is 55.0 Å². The largest absolute Gasteiger partial charge is 0.506 e. The zero-order valence-corrected chi connectivity index (χ0v) is 19.3. The van der Waals surface area contributed by atoms with Crippen LogP contribution < -0.4 is 10.2 Å².